The first-order chi connectivity index (χ1) is 5.16. The Labute approximate surface area is 78.1 Å². The Morgan fingerprint density at radius 3 is 2.55 bits per heavy atom. The second kappa shape index (κ2) is 3.76. The molecule has 2 N–H and O–H groups in total. The van der Waals surface area contributed by atoms with Crippen molar-refractivity contribution < 1.29 is 10.2 Å². The van der Waals surface area contributed by atoms with Crippen molar-refractivity contribution >= 4 is 27.7 Å². The van der Waals surface area contributed by atoms with Crippen LogP contribution in [-0.4, -0.2) is 28.7 Å². The second-order valence-corrected chi connectivity index (χ2v) is 4.01. The zero-order valence-corrected chi connectivity index (χ0v) is 8.39. The van der Waals surface area contributed by atoms with E-state index in [1.165, 1.54) is 11.8 Å². The number of aliphatic hydroxyl groups is 2. The largest absolute Gasteiger partial charge is 0.385 e. The summed E-state index contributed by atoms with van der Waals surface area (Å²) in [5, 5.41) is 18.7. The molecule has 2 atom stereocenters. The summed E-state index contributed by atoms with van der Waals surface area (Å²) in [7, 11) is 0. The van der Waals surface area contributed by atoms with Gasteiger partial charge < -0.3 is 10.2 Å². The average Bonchev–Trinajstić information content (AvgIpc) is 2.01. The molecule has 1 aliphatic rings. The molecule has 0 amide bonds. The Hall–Kier alpha value is 0.230. The lowest BCUT2D eigenvalue weighted by Gasteiger charge is -2.22. The maximum absolute atomic E-state index is 9.40. The van der Waals surface area contributed by atoms with E-state index in [0.29, 0.717) is 4.48 Å². The summed E-state index contributed by atoms with van der Waals surface area (Å²) in [5.74, 6) is 0. The van der Waals surface area contributed by atoms with E-state index in [2.05, 4.69) is 15.9 Å². The number of rotatable bonds is 1. The van der Waals surface area contributed by atoms with Gasteiger partial charge in [0, 0.05) is 9.39 Å². The fourth-order valence-electron chi connectivity index (χ4n) is 0.854. The number of hydrogen-bond acceptors (Lipinski definition) is 3. The highest BCUT2D eigenvalue weighted by Crippen LogP contribution is 2.28. The lowest BCUT2D eigenvalue weighted by atomic mass is 10.1. The predicted octanol–water partition coefficient (Wildman–Crippen LogP) is 1.25. The number of allylic oxidation sites excluding steroid dienone is 2. The van der Waals surface area contributed by atoms with E-state index in [-0.39, 0.29) is 0 Å². The molecule has 0 fully saturated rings. The van der Waals surface area contributed by atoms with Crippen molar-refractivity contribution in [3.8, 4) is 0 Å². The third-order valence-corrected chi connectivity index (χ3v) is 3.10. The minimum absolute atomic E-state index is 0.628. The molecule has 0 saturated carbocycles. The normalized spacial score (nSPS) is 31.3. The van der Waals surface area contributed by atoms with E-state index in [1.54, 1.807) is 12.2 Å². The van der Waals surface area contributed by atoms with E-state index in [0.717, 1.165) is 4.91 Å². The number of halogens is 1. The molecule has 0 spiro atoms. The van der Waals surface area contributed by atoms with E-state index < -0.39 is 12.2 Å². The highest BCUT2D eigenvalue weighted by atomic mass is 79.9. The molecule has 0 bridgehead atoms. The maximum atomic E-state index is 9.40. The van der Waals surface area contributed by atoms with Gasteiger partial charge in [-0.25, -0.2) is 0 Å². The number of thioether (sulfide) groups is 1. The fourth-order valence-corrected chi connectivity index (χ4v) is 1.81. The van der Waals surface area contributed by atoms with E-state index in [4.69, 9.17) is 0 Å². The van der Waals surface area contributed by atoms with E-state index >= 15 is 0 Å². The fraction of sp³-hybridized carbons (Fsp3) is 0.429. The molecule has 1 rings (SSSR count). The van der Waals surface area contributed by atoms with Gasteiger partial charge in [0.25, 0.3) is 0 Å². The first kappa shape index (κ1) is 9.32. The standard InChI is InChI=1S/C7H9BrO2S/c1-11-5-3-2-4(8)6(9)7(5)10/h2-3,6-7,9-10H,1H3/t6-,7+/m0/s1. The van der Waals surface area contributed by atoms with Crippen LogP contribution in [-0.2, 0) is 0 Å². The Bertz CT molecular complexity index is 212. The molecule has 0 aromatic rings. The highest BCUT2D eigenvalue weighted by molar-refractivity contribution is 9.11. The van der Waals surface area contributed by atoms with Crippen LogP contribution in [0.25, 0.3) is 0 Å². The Morgan fingerprint density at radius 2 is 2.00 bits per heavy atom. The zero-order chi connectivity index (χ0) is 8.43. The summed E-state index contributed by atoms with van der Waals surface area (Å²) >= 11 is 4.59. The molecule has 2 nitrogen and oxygen atoms in total. The van der Waals surface area contributed by atoms with Gasteiger partial charge in [0.05, 0.1) is 0 Å². The SMILES string of the molecule is CSC1=CC=C(Br)[C@H](O)[C@@H]1O. The molecule has 0 aliphatic heterocycles. The quantitative estimate of drug-likeness (QED) is 0.721. The third-order valence-electron chi connectivity index (χ3n) is 1.52. The Morgan fingerprint density at radius 1 is 1.36 bits per heavy atom. The van der Waals surface area contributed by atoms with Gasteiger partial charge in [-0.15, -0.1) is 11.8 Å². The van der Waals surface area contributed by atoms with Crippen molar-refractivity contribution in [2.75, 3.05) is 6.26 Å². The molecular formula is C7H9BrO2S. The smallest absolute Gasteiger partial charge is 0.116 e. The lowest BCUT2D eigenvalue weighted by molar-refractivity contribution is 0.0750. The van der Waals surface area contributed by atoms with Crippen LogP contribution < -0.4 is 0 Å². The van der Waals surface area contributed by atoms with Crippen molar-refractivity contribution in [2.24, 2.45) is 0 Å². The van der Waals surface area contributed by atoms with Gasteiger partial charge >= 0.3 is 0 Å². The van der Waals surface area contributed by atoms with Crippen LogP contribution in [0.3, 0.4) is 0 Å². The molecule has 0 radical (unpaired) electrons. The molecule has 1 aliphatic carbocycles. The van der Waals surface area contributed by atoms with Crippen LogP contribution in [0, 0.1) is 0 Å². The van der Waals surface area contributed by atoms with Crippen molar-refractivity contribution in [3.05, 3.63) is 21.5 Å². The predicted molar refractivity (Wildman–Crippen MR) is 50.6 cm³/mol. The minimum atomic E-state index is -0.803. The number of aliphatic hydroxyl groups excluding tert-OH is 2. The van der Waals surface area contributed by atoms with Gasteiger partial charge in [0.1, 0.15) is 12.2 Å². The summed E-state index contributed by atoms with van der Waals surface area (Å²) in [6.45, 7) is 0. The zero-order valence-electron chi connectivity index (χ0n) is 5.99. The summed E-state index contributed by atoms with van der Waals surface area (Å²) in [5.41, 5.74) is 0. The maximum Gasteiger partial charge on any atom is 0.116 e. The van der Waals surface area contributed by atoms with Crippen LogP contribution in [0.4, 0.5) is 0 Å². The lowest BCUT2D eigenvalue weighted by Crippen LogP contribution is -2.28. The van der Waals surface area contributed by atoms with Gasteiger partial charge in [-0.3, -0.25) is 0 Å². The minimum Gasteiger partial charge on any atom is -0.385 e. The van der Waals surface area contributed by atoms with Gasteiger partial charge in [0.15, 0.2) is 0 Å². The molecule has 4 heteroatoms. The summed E-state index contributed by atoms with van der Waals surface area (Å²) in [4.78, 5) is 0.792. The topological polar surface area (TPSA) is 40.5 Å². The molecule has 0 unspecified atom stereocenters. The summed E-state index contributed by atoms with van der Waals surface area (Å²) < 4.78 is 0.628. The molecule has 0 aromatic heterocycles. The van der Waals surface area contributed by atoms with Crippen LogP contribution >= 0.6 is 27.7 Å². The Kier molecular flexibility index (Phi) is 3.18. The summed E-state index contributed by atoms with van der Waals surface area (Å²) in [6, 6.07) is 0. The molecule has 11 heavy (non-hydrogen) atoms. The van der Waals surface area contributed by atoms with Crippen LogP contribution in [0.1, 0.15) is 0 Å². The first-order valence-electron chi connectivity index (χ1n) is 3.14. The van der Waals surface area contributed by atoms with Gasteiger partial charge in [-0.2, -0.15) is 0 Å². The van der Waals surface area contributed by atoms with Crippen LogP contribution in [0.5, 0.6) is 0 Å². The van der Waals surface area contributed by atoms with Crippen molar-refractivity contribution in [3.63, 3.8) is 0 Å². The van der Waals surface area contributed by atoms with Crippen molar-refractivity contribution in [2.45, 2.75) is 12.2 Å². The molecular weight excluding hydrogens is 228 g/mol. The molecule has 0 aromatic carbocycles. The molecule has 62 valence electrons. The van der Waals surface area contributed by atoms with Crippen molar-refractivity contribution in [1.29, 1.82) is 0 Å². The summed E-state index contributed by atoms with van der Waals surface area (Å²) in [6.07, 6.45) is 3.84. The van der Waals surface area contributed by atoms with Gasteiger partial charge in [-0.1, -0.05) is 15.9 Å². The van der Waals surface area contributed by atoms with Gasteiger partial charge in [-0.05, 0) is 18.4 Å². The van der Waals surface area contributed by atoms with Gasteiger partial charge in [0.2, 0.25) is 0 Å². The highest BCUT2D eigenvalue weighted by Gasteiger charge is 2.24. The monoisotopic (exact) mass is 236 g/mol. The molecule has 0 heterocycles. The molecule has 0 saturated heterocycles. The van der Waals surface area contributed by atoms with Crippen LogP contribution in [0.15, 0.2) is 21.5 Å². The number of hydrogen-bond donors (Lipinski definition) is 2. The third kappa shape index (κ3) is 1.87. The average molecular weight is 237 g/mol. The van der Waals surface area contributed by atoms with Crippen molar-refractivity contribution in [1.82, 2.24) is 0 Å². The second-order valence-electron chi connectivity index (χ2n) is 2.21. The first-order valence-corrected chi connectivity index (χ1v) is 5.16. The van der Waals surface area contributed by atoms with Crippen LogP contribution in [0.2, 0.25) is 0 Å². The Balaban J connectivity index is 2.84. The van der Waals surface area contributed by atoms with E-state index in [1.807, 2.05) is 6.26 Å². The van der Waals surface area contributed by atoms with E-state index in [9.17, 15) is 10.2 Å².